The van der Waals surface area contributed by atoms with Gasteiger partial charge in [-0.1, -0.05) is 13.8 Å². The first kappa shape index (κ1) is 19.5. The second-order valence-corrected chi connectivity index (χ2v) is 9.45. The maximum atomic E-state index is 12.4. The van der Waals surface area contributed by atoms with Gasteiger partial charge >= 0.3 is 5.97 Å². The first-order chi connectivity index (χ1) is 12.1. The molecule has 3 aliphatic rings. The Balaban J connectivity index is 1.63. The number of guanidine groups is 1. The van der Waals surface area contributed by atoms with Gasteiger partial charge in [-0.15, -0.1) is 0 Å². The molecule has 4 atom stereocenters. The van der Waals surface area contributed by atoms with Gasteiger partial charge in [0.25, 0.3) is 0 Å². The van der Waals surface area contributed by atoms with Gasteiger partial charge in [0, 0.05) is 43.6 Å². The molecule has 0 spiro atoms. The topological polar surface area (TPSA) is 63.2 Å². The van der Waals surface area contributed by atoms with Crippen molar-refractivity contribution in [3.05, 3.63) is 0 Å². The van der Waals surface area contributed by atoms with Gasteiger partial charge in [-0.05, 0) is 40.5 Å². The monoisotopic (exact) mass is 365 g/mol. The number of aliphatic imine (C=N–C) groups is 1. The summed E-state index contributed by atoms with van der Waals surface area (Å²) in [6.07, 6.45) is 2.30. The van der Waals surface area contributed by atoms with E-state index in [1.54, 1.807) is 0 Å². The Morgan fingerprint density at radius 2 is 2.08 bits per heavy atom. The molecular weight excluding hydrogens is 330 g/mol. The predicted octanol–water partition coefficient (Wildman–Crippen LogP) is 2.43. The zero-order valence-corrected chi connectivity index (χ0v) is 17.2. The summed E-state index contributed by atoms with van der Waals surface area (Å²) in [6, 6.07) is 0.376. The fourth-order valence-electron chi connectivity index (χ4n) is 4.67. The van der Waals surface area contributed by atoms with Crippen molar-refractivity contribution >= 4 is 11.9 Å². The van der Waals surface area contributed by atoms with E-state index < -0.39 is 5.60 Å². The highest BCUT2D eigenvalue weighted by Crippen LogP contribution is 2.52. The van der Waals surface area contributed by atoms with Crippen LogP contribution in [0.2, 0.25) is 0 Å². The number of carbonyl (C=O) groups is 1. The van der Waals surface area contributed by atoms with E-state index in [1.807, 2.05) is 20.8 Å². The SMILES string of the molecule is CCN=C(NC1C2CCOC2C1(C)C)N1CCC(C(=O)OC(C)(C)C)C1. The molecule has 1 N–H and O–H groups in total. The molecule has 2 heterocycles. The number of fused-ring (bicyclic) bond motifs is 1. The molecule has 26 heavy (non-hydrogen) atoms. The first-order valence-corrected chi connectivity index (χ1v) is 10.0. The predicted molar refractivity (Wildman–Crippen MR) is 102 cm³/mol. The van der Waals surface area contributed by atoms with Gasteiger partial charge < -0.3 is 19.7 Å². The maximum Gasteiger partial charge on any atom is 0.311 e. The van der Waals surface area contributed by atoms with Gasteiger partial charge in [-0.2, -0.15) is 0 Å². The van der Waals surface area contributed by atoms with Crippen molar-refractivity contribution in [3.8, 4) is 0 Å². The molecule has 0 bridgehead atoms. The van der Waals surface area contributed by atoms with Crippen LogP contribution in [0.1, 0.15) is 54.4 Å². The number of likely N-dealkylation sites (tertiary alicyclic amines) is 1. The zero-order valence-electron chi connectivity index (χ0n) is 17.2. The number of ether oxygens (including phenoxy) is 2. The summed E-state index contributed by atoms with van der Waals surface area (Å²) < 4.78 is 11.5. The quantitative estimate of drug-likeness (QED) is 0.473. The van der Waals surface area contributed by atoms with Crippen molar-refractivity contribution in [3.63, 3.8) is 0 Å². The Labute approximate surface area is 157 Å². The van der Waals surface area contributed by atoms with Crippen LogP contribution in [0, 0.1) is 17.3 Å². The van der Waals surface area contributed by atoms with E-state index in [-0.39, 0.29) is 17.3 Å². The molecule has 0 radical (unpaired) electrons. The van der Waals surface area contributed by atoms with Gasteiger partial charge in [0.2, 0.25) is 0 Å². The van der Waals surface area contributed by atoms with Crippen molar-refractivity contribution in [2.24, 2.45) is 22.2 Å². The summed E-state index contributed by atoms with van der Waals surface area (Å²) in [6.45, 7) is 15.5. The Kier molecular flexibility index (Phi) is 5.26. The van der Waals surface area contributed by atoms with Crippen LogP contribution in [0.4, 0.5) is 0 Å². The molecule has 2 aliphatic heterocycles. The Hall–Kier alpha value is -1.30. The second-order valence-electron chi connectivity index (χ2n) is 9.45. The molecule has 2 saturated heterocycles. The average molecular weight is 366 g/mol. The molecule has 1 aliphatic carbocycles. The number of carbonyl (C=O) groups excluding carboxylic acids is 1. The van der Waals surface area contributed by atoms with E-state index >= 15 is 0 Å². The molecule has 0 aromatic heterocycles. The normalized spacial score (nSPS) is 33.6. The number of esters is 1. The van der Waals surface area contributed by atoms with E-state index in [1.165, 1.54) is 0 Å². The lowest BCUT2D eigenvalue weighted by Gasteiger charge is -2.55. The van der Waals surface area contributed by atoms with Crippen LogP contribution in [-0.2, 0) is 14.3 Å². The van der Waals surface area contributed by atoms with Crippen LogP contribution in [0.15, 0.2) is 4.99 Å². The smallest absolute Gasteiger partial charge is 0.311 e. The highest BCUT2D eigenvalue weighted by molar-refractivity contribution is 5.82. The van der Waals surface area contributed by atoms with Crippen LogP contribution in [-0.4, -0.2) is 60.8 Å². The number of hydrogen-bond acceptors (Lipinski definition) is 4. The number of nitrogens with zero attached hydrogens (tertiary/aromatic N) is 2. The summed E-state index contributed by atoms with van der Waals surface area (Å²) in [5, 5.41) is 3.71. The lowest BCUT2D eigenvalue weighted by Crippen LogP contribution is -2.68. The van der Waals surface area contributed by atoms with Crippen LogP contribution in [0.25, 0.3) is 0 Å². The number of rotatable bonds is 3. The van der Waals surface area contributed by atoms with Crippen LogP contribution in [0.3, 0.4) is 0 Å². The molecule has 6 heteroatoms. The second kappa shape index (κ2) is 7.02. The van der Waals surface area contributed by atoms with Crippen molar-refractivity contribution in [2.45, 2.75) is 72.1 Å². The number of nitrogens with one attached hydrogen (secondary N) is 1. The highest BCUT2D eigenvalue weighted by Gasteiger charge is 2.59. The lowest BCUT2D eigenvalue weighted by molar-refractivity contribution is -0.159. The molecule has 3 rings (SSSR count). The van der Waals surface area contributed by atoms with Crippen LogP contribution >= 0.6 is 0 Å². The summed E-state index contributed by atoms with van der Waals surface area (Å²) in [5.74, 6) is 1.33. The van der Waals surface area contributed by atoms with Crippen molar-refractivity contribution in [1.82, 2.24) is 10.2 Å². The Morgan fingerprint density at radius 3 is 2.73 bits per heavy atom. The maximum absolute atomic E-state index is 12.4. The fraction of sp³-hybridized carbons (Fsp3) is 0.900. The first-order valence-electron chi connectivity index (χ1n) is 10.0. The Morgan fingerprint density at radius 1 is 1.35 bits per heavy atom. The molecule has 0 aromatic rings. The van der Waals surface area contributed by atoms with Crippen molar-refractivity contribution in [1.29, 1.82) is 0 Å². The van der Waals surface area contributed by atoms with E-state index in [0.29, 0.717) is 24.6 Å². The molecule has 148 valence electrons. The van der Waals surface area contributed by atoms with Crippen molar-refractivity contribution < 1.29 is 14.3 Å². The third-order valence-corrected chi connectivity index (χ3v) is 5.92. The van der Waals surface area contributed by atoms with Gasteiger partial charge in [0.05, 0.1) is 12.0 Å². The van der Waals surface area contributed by atoms with E-state index in [2.05, 4.69) is 31.0 Å². The molecule has 0 amide bonds. The molecular formula is C20H35N3O3. The Bertz CT molecular complexity index is 567. The van der Waals surface area contributed by atoms with Gasteiger partial charge in [0.15, 0.2) is 5.96 Å². The van der Waals surface area contributed by atoms with Crippen LogP contribution < -0.4 is 5.32 Å². The molecule has 4 unspecified atom stereocenters. The minimum Gasteiger partial charge on any atom is -0.460 e. The summed E-state index contributed by atoms with van der Waals surface area (Å²) in [7, 11) is 0. The zero-order chi connectivity index (χ0) is 19.1. The van der Waals surface area contributed by atoms with Gasteiger partial charge in [-0.25, -0.2) is 0 Å². The lowest BCUT2D eigenvalue weighted by atomic mass is 9.57. The molecule has 6 nitrogen and oxygen atoms in total. The summed E-state index contributed by atoms with van der Waals surface area (Å²) in [4.78, 5) is 19.3. The third kappa shape index (κ3) is 3.71. The largest absolute Gasteiger partial charge is 0.460 e. The van der Waals surface area contributed by atoms with E-state index in [0.717, 1.165) is 38.5 Å². The van der Waals surface area contributed by atoms with Crippen LogP contribution in [0.5, 0.6) is 0 Å². The van der Waals surface area contributed by atoms with Gasteiger partial charge in [-0.3, -0.25) is 9.79 Å². The fourth-order valence-corrected chi connectivity index (χ4v) is 4.67. The summed E-state index contributed by atoms with van der Waals surface area (Å²) in [5.41, 5.74) is -0.323. The van der Waals surface area contributed by atoms with E-state index in [4.69, 9.17) is 14.5 Å². The minimum absolute atomic E-state index is 0.0740. The minimum atomic E-state index is -0.434. The third-order valence-electron chi connectivity index (χ3n) is 5.92. The summed E-state index contributed by atoms with van der Waals surface area (Å²) >= 11 is 0. The average Bonchev–Trinajstić information content (AvgIpc) is 3.17. The molecule has 1 saturated carbocycles. The number of hydrogen-bond donors (Lipinski definition) is 1. The van der Waals surface area contributed by atoms with E-state index in [9.17, 15) is 4.79 Å². The molecule has 0 aromatic carbocycles. The highest BCUT2D eigenvalue weighted by atomic mass is 16.6. The van der Waals surface area contributed by atoms with Crippen molar-refractivity contribution in [2.75, 3.05) is 26.2 Å². The standard InChI is InChI=1S/C20H35N3O3/c1-7-21-18(22-15-14-9-11-25-16(14)20(15,5)6)23-10-8-13(12-23)17(24)26-19(2,3)4/h13-16H,7-12H2,1-6H3,(H,21,22). The molecule has 3 fully saturated rings. The van der Waals surface area contributed by atoms with Gasteiger partial charge in [0.1, 0.15) is 5.60 Å².